The van der Waals surface area contributed by atoms with Crippen LogP contribution in [0.5, 0.6) is 0 Å². The first kappa shape index (κ1) is 23.4. The first-order valence-electron chi connectivity index (χ1n) is 11.8. The Bertz CT molecular complexity index is 1430. The Morgan fingerprint density at radius 2 is 1.78 bits per heavy atom. The van der Waals surface area contributed by atoms with Crippen molar-refractivity contribution in [1.29, 1.82) is 0 Å². The van der Waals surface area contributed by atoms with Gasteiger partial charge in [-0.05, 0) is 43.3 Å². The second-order valence-electron chi connectivity index (χ2n) is 8.55. The van der Waals surface area contributed by atoms with E-state index in [9.17, 15) is 9.59 Å². The Kier molecular flexibility index (Phi) is 6.85. The molecule has 36 heavy (non-hydrogen) atoms. The molecule has 10 heteroatoms. The summed E-state index contributed by atoms with van der Waals surface area (Å²) < 4.78 is 6.88. The molecule has 2 aromatic carbocycles. The highest BCUT2D eigenvalue weighted by molar-refractivity contribution is 5.90. The molecule has 1 aliphatic rings. The number of benzene rings is 2. The molecule has 1 amide bonds. The number of nitrogens with zero attached hydrogens (tertiary/aromatic N) is 5. The van der Waals surface area contributed by atoms with Crippen LogP contribution in [0.2, 0.25) is 0 Å². The fourth-order valence-electron chi connectivity index (χ4n) is 4.02. The van der Waals surface area contributed by atoms with Crippen LogP contribution in [0.4, 0.5) is 23.1 Å². The van der Waals surface area contributed by atoms with Gasteiger partial charge in [0.05, 0.1) is 30.4 Å². The number of hydrogen-bond acceptors (Lipinski definition) is 8. The number of carbonyl (C=O) groups is 1. The van der Waals surface area contributed by atoms with Gasteiger partial charge in [0.1, 0.15) is 5.82 Å². The van der Waals surface area contributed by atoms with Gasteiger partial charge in [0.2, 0.25) is 11.9 Å². The molecule has 1 aliphatic heterocycles. The quantitative estimate of drug-likeness (QED) is 0.411. The molecule has 2 aromatic heterocycles. The molecule has 5 rings (SSSR count). The van der Waals surface area contributed by atoms with E-state index in [4.69, 9.17) is 4.74 Å². The summed E-state index contributed by atoms with van der Waals surface area (Å²) in [5.41, 5.74) is 2.88. The van der Waals surface area contributed by atoms with Gasteiger partial charge in [-0.3, -0.25) is 14.2 Å². The molecule has 10 nitrogen and oxygen atoms in total. The third-order valence-electron chi connectivity index (χ3n) is 5.89. The van der Waals surface area contributed by atoms with Gasteiger partial charge in [0.25, 0.3) is 5.56 Å². The number of hydrogen-bond donors (Lipinski definition) is 2. The normalized spacial score (nSPS) is 13.5. The molecule has 0 atom stereocenters. The second-order valence-corrected chi connectivity index (χ2v) is 8.55. The van der Waals surface area contributed by atoms with Crippen LogP contribution in [-0.4, -0.2) is 51.7 Å². The minimum Gasteiger partial charge on any atom is -0.378 e. The van der Waals surface area contributed by atoms with Crippen molar-refractivity contribution >= 4 is 40.0 Å². The average Bonchev–Trinajstić information content (AvgIpc) is 2.90. The van der Waals surface area contributed by atoms with Crippen LogP contribution in [0.15, 0.2) is 65.7 Å². The number of amides is 1. The molecule has 0 unspecified atom stereocenters. The predicted molar refractivity (Wildman–Crippen MR) is 139 cm³/mol. The lowest BCUT2D eigenvalue weighted by molar-refractivity contribution is -0.116. The fraction of sp³-hybridized carbons (Fsp3) is 0.269. The lowest BCUT2D eigenvalue weighted by Crippen LogP contribution is -2.37. The van der Waals surface area contributed by atoms with Crippen molar-refractivity contribution < 1.29 is 9.53 Å². The first-order chi connectivity index (χ1) is 17.5. The zero-order chi connectivity index (χ0) is 24.9. The van der Waals surface area contributed by atoms with Crippen LogP contribution < -0.4 is 21.1 Å². The Hall–Kier alpha value is -4.31. The summed E-state index contributed by atoms with van der Waals surface area (Å²) in [4.78, 5) is 40.7. The van der Waals surface area contributed by atoms with Gasteiger partial charge in [-0.1, -0.05) is 12.1 Å². The number of nitrogens with one attached hydrogen (secondary N) is 2. The molecule has 4 aromatic rings. The van der Waals surface area contributed by atoms with E-state index in [1.807, 2.05) is 43.3 Å². The van der Waals surface area contributed by atoms with E-state index >= 15 is 0 Å². The number of anilines is 4. The monoisotopic (exact) mass is 485 g/mol. The molecule has 0 saturated carbocycles. The maximum atomic E-state index is 12.6. The van der Waals surface area contributed by atoms with E-state index in [0.717, 1.165) is 24.5 Å². The smallest absolute Gasteiger partial charge is 0.261 e. The van der Waals surface area contributed by atoms with Gasteiger partial charge < -0.3 is 20.3 Å². The van der Waals surface area contributed by atoms with Crippen LogP contribution in [0.1, 0.15) is 12.1 Å². The highest BCUT2D eigenvalue weighted by Crippen LogP contribution is 2.21. The number of carbonyl (C=O) groups excluding carboxylic acids is 1. The molecule has 0 radical (unpaired) electrons. The van der Waals surface area contributed by atoms with Crippen LogP contribution in [0.25, 0.3) is 10.9 Å². The molecule has 3 heterocycles. The van der Waals surface area contributed by atoms with E-state index in [-0.39, 0.29) is 24.4 Å². The molecule has 0 bridgehead atoms. The van der Waals surface area contributed by atoms with Crippen molar-refractivity contribution in [3.8, 4) is 0 Å². The minimum absolute atomic E-state index is 0.152. The molecule has 184 valence electrons. The largest absolute Gasteiger partial charge is 0.378 e. The molecular weight excluding hydrogens is 458 g/mol. The molecule has 0 aliphatic carbocycles. The Balaban J connectivity index is 1.18. The molecule has 1 saturated heterocycles. The summed E-state index contributed by atoms with van der Waals surface area (Å²) in [6, 6.07) is 16.5. The third kappa shape index (κ3) is 5.49. The van der Waals surface area contributed by atoms with Gasteiger partial charge in [-0.15, -0.1) is 0 Å². The Labute approximate surface area is 208 Å². The third-order valence-corrected chi connectivity index (χ3v) is 5.89. The summed E-state index contributed by atoms with van der Waals surface area (Å²) in [5.74, 6) is 1.21. The standard InChI is InChI=1S/C26H27N7O3/c1-18-16-23(31-26(28-18)32-12-14-36-15-13-32)29-19-6-8-20(9-7-19)30-24(34)10-11-33-17-27-22-5-3-2-4-21(22)25(33)35/h2-9,16-17H,10-15H2,1H3,(H,30,34)(H,28,29,31). The van der Waals surface area contributed by atoms with Crippen LogP contribution >= 0.6 is 0 Å². The van der Waals surface area contributed by atoms with Gasteiger partial charge in [-0.2, -0.15) is 4.98 Å². The van der Waals surface area contributed by atoms with E-state index in [2.05, 4.69) is 30.5 Å². The number of aryl methyl sites for hydroxylation is 2. The van der Waals surface area contributed by atoms with Crippen molar-refractivity contribution in [3.63, 3.8) is 0 Å². The molecule has 1 fully saturated rings. The zero-order valence-electron chi connectivity index (χ0n) is 20.0. The maximum absolute atomic E-state index is 12.6. The predicted octanol–water partition coefficient (Wildman–Crippen LogP) is 3.10. The van der Waals surface area contributed by atoms with E-state index < -0.39 is 0 Å². The number of aromatic nitrogens is 4. The maximum Gasteiger partial charge on any atom is 0.261 e. The van der Waals surface area contributed by atoms with Crippen LogP contribution in [0.3, 0.4) is 0 Å². The summed E-state index contributed by atoms with van der Waals surface area (Å²) in [6.45, 7) is 5.07. The SMILES string of the molecule is Cc1cc(Nc2ccc(NC(=O)CCn3cnc4ccccc4c3=O)cc2)nc(N2CCOCC2)n1. The molecule has 0 spiro atoms. The van der Waals surface area contributed by atoms with E-state index in [0.29, 0.717) is 41.6 Å². The number of rotatable bonds is 7. The van der Waals surface area contributed by atoms with Gasteiger partial charge >= 0.3 is 0 Å². The van der Waals surface area contributed by atoms with Crippen LogP contribution in [-0.2, 0) is 16.1 Å². The summed E-state index contributed by atoms with van der Waals surface area (Å²) in [7, 11) is 0. The summed E-state index contributed by atoms with van der Waals surface area (Å²) in [6.07, 6.45) is 1.64. The first-order valence-corrected chi connectivity index (χ1v) is 11.8. The lowest BCUT2D eigenvalue weighted by atomic mass is 10.2. The number of fused-ring (bicyclic) bond motifs is 1. The Morgan fingerprint density at radius 1 is 1.03 bits per heavy atom. The van der Waals surface area contributed by atoms with E-state index in [1.165, 1.54) is 10.9 Å². The number of para-hydroxylation sites is 1. The highest BCUT2D eigenvalue weighted by Gasteiger charge is 2.15. The van der Waals surface area contributed by atoms with Crippen LogP contribution in [0, 0.1) is 6.92 Å². The van der Waals surface area contributed by atoms with Crippen molar-refractivity contribution in [1.82, 2.24) is 19.5 Å². The summed E-state index contributed by atoms with van der Waals surface area (Å²) in [5, 5.41) is 6.72. The zero-order valence-corrected chi connectivity index (χ0v) is 20.0. The van der Waals surface area contributed by atoms with Gasteiger partial charge in [0, 0.05) is 49.2 Å². The summed E-state index contributed by atoms with van der Waals surface area (Å²) >= 11 is 0. The van der Waals surface area contributed by atoms with E-state index in [1.54, 1.807) is 18.2 Å². The minimum atomic E-state index is -0.183. The second kappa shape index (κ2) is 10.5. The molecular formula is C26H27N7O3. The lowest BCUT2D eigenvalue weighted by Gasteiger charge is -2.27. The van der Waals surface area contributed by atoms with Crippen molar-refractivity contribution in [2.24, 2.45) is 0 Å². The highest BCUT2D eigenvalue weighted by atomic mass is 16.5. The fourth-order valence-corrected chi connectivity index (χ4v) is 4.02. The van der Waals surface area contributed by atoms with Crippen molar-refractivity contribution in [2.45, 2.75) is 19.9 Å². The average molecular weight is 486 g/mol. The Morgan fingerprint density at radius 3 is 2.58 bits per heavy atom. The number of ether oxygens (including phenoxy) is 1. The molecule has 2 N–H and O–H groups in total. The van der Waals surface area contributed by atoms with Gasteiger partial charge in [-0.25, -0.2) is 9.97 Å². The van der Waals surface area contributed by atoms with Gasteiger partial charge in [0.15, 0.2) is 0 Å². The van der Waals surface area contributed by atoms with Crippen molar-refractivity contribution in [3.05, 3.63) is 77.0 Å². The topological polar surface area (TPSA) is 114 Å². The van der Waals surface area contributed by atoms with Crippen molar-refractivity contribution in [2.75, 3.05) is 41.8 Å². The number of morpholine rings is 1.